The quantitative estimate of drug-likeness (QED) is 0.830. The average Bonchev–Trinajstić information content (AvgIpc) is 2.53. The number of pyridine rings is 1. The minimum absolute atomic E-state index is 0.0908. The maximum Gasteiger partial charge on any atom is 0.250 e. The fourth-order valence-electron chi connectivity index (χ4n) is 2.28. The van der Waals surface area contributed by atoms with Gasteiger partial charge in [-0.25, -0.2) is 0 Å². The van der Waals surface area contributed by atoms with E-state index in [2.05, 4.69) is 17.1 Å². The molecule has 1 aliphatic rings. The molecule has 1 aromatic rings. The third-order valence-corrected chi connectivity index (χ3v) is 3.47. The highest BCUT2D eigenvalue weighted by Crippen LogP contribution is 2.05. The topological polar surface area (TPSA) is 37.3 Å². The molecular formula is C13H21N3O. The first kappa shape index (κ1) is 12.3. The molecule has 1 unspecified atom stereocenters. The Labute approximate surface area is 102 Å². The van der Waals surface area contributed by atoms with Gasteiger partial charge in [-0.1, -0.05) is 6.07 Å². The number of nitrogens with one attached hydrogen (secondary N) is 1. The lowest BCUT2D eigenvalue weighted by atomic mass is 10.2. The number of aromatic nitrogens is 1. The van der Waals surface area contributed by atoms with E-state index >= 15 is 0 Å². The average molecular weight is 235 g/mol. The Hall–Kier alpha value is -1.13. The van der Waals surface area contributed by atoms with Gasteiger partial charge in [0.05, 0.1) is 0 Å². The van der Waals surface area contributed by atoms with Gasteiger partial charge < -0.3 is 9.88 Å². The predicted molar refractivity (Wildman–Crippen MR) is 69.2 cm³/mol. The maximum absolute atomic E-state index is 11.6. The highest BCUT2D eigenvalue weighted by atomic mass is 16.1. The molecule has 0 aromatic carbocycles. The number of hydrogen-bond donors (Lipinski definition) is 1. The Morgan fingerprint density at radius 1 is 1.35 bits per heavy atom. The van der Waals surface area contributed by atoms with Gasteiger partial charge >= 0.3 is 0 Å². The standard InChI is InChI=1S/C13H21N3O/c1-12-5-6-14-7-9-15(12)10-11-16-8-3-2-4-13(16)17/h2-4,8,12,14H,5-7,9-11H2,1H3. The Balaban J connectivity index is 1.93. The van der Waals surface area contributed by atoms with E-state index < -0.39 is 0 Å². The molecule has 17 heavy (non-hydrogen) atoms. The Morgan fingerprint density at radius 3 is 3.06 bits per heavy atom. The van der Waals surface area contributed by atoms with Crippen LogP contribution < -0.4 is 10.9 Å². The largest absolute Gasteiger partial charge is 0.315 e. The van der Waals surface area contributed by atoms with Gasteiger partial charge in [0, 0.05) is 44.5 Å². The second-order valence-corrected chi connectivity index (χ2v) is 4.66. The van der Waals surface area contributed by atoms with Gasteiger partial charge in [0.1, 0.15) is 0 Å². The van der Waals surface area contributed by atoms with Crippen LogP contribution in [0.5, 0.6) is 0 Å². The molecule has 0 amide bonds. The predicted octanol–water partition coefficient (Wildman–Crippen LogP) is 0.532. The summed E-state index contributed by atoms with van der Waals surface area (Å²) >= 11 is 0. The van der Waals surface area contributed by atoms with E-state index in [9.17, 15) is 4.79 Å². The molecule has 0 bridgehead atoms. The van der Waals surface area contributed by atoms with Crippen LogP contribution in [0, 0.1) is 0 Å². The molecule has 0 radical (unpaired) electrons. The van der Waals surface area contributed by atoms with Gasteiger partial charge in [-0.3, -0.25) is 9.69 Å². The SMILES string of the molecule is CC1CCNCCN1CCn1ccccc1=O. The lowest BCUT2D eigenvalue weighted by molar-refractivity contribution is 0.211. The molecule has 0 saturated carbocycles. The minimum Gasteiger partial charge on any atom is -0.315 e. The van der Waals surface area contributed by atoms with Crippen molar-refractivity contribution >= 4 is 0 Å². The number of nitrogens with zero attached hydrogens (tertiary/aromatic N) is 2. The molecule has 1 aliphatic heterocycles. The molecule has 94 valence electrons. The third-order valence-electron chi connectivity index (χ3n) is 3.47. The summed E-state index contributed by atoms with van der Waals surface area (Å²) in [6.45, 7) is 7.22. The summed E-state index contributed by atoms with van der Waals surface area (Å²) < 4.78 is 1.78. The summed E-state index contributed by atoms with van der Waals surface area (Å²) in [5.74, 6) is 0. The summed E-state index contributed by atoms with van der Waals surface area (Å²) in [7, 11) is 0. The van der Waals surface area contributed by atoms with Crippen LogP contribution in [0.25, 0.3) is 0 Å². The maximum atomic E-state index is 11.6. The molecule has 0 aliphatic carbocycles. The van der Waals surface area contributed by atoms with E-state index in [4.69, 9.17) is 0 Å². The van der Waals surface area contributed by atoms with E-state index in [-0.39, 0.29) is 5.56 Å². The molecule has 0 spiro atoms. The van der Waals surface area contributed by atoms with E-state index in [1.807, 2.05) is 12.3 Å². The Morgan fingerprint density at radius 2 is 2.24 bits per heavy atom. The van der Waals surface area contributed by atoms with E-state index in [0.717, 1.165) is 32.7 Å². The molecule has 4 heteroatoms. The molecule has 1 atom stereocenters. The van der Waals surface area contributed by atoms with Crippen molar-refractivity contribution in [3.05, 3.63) is 34.7 Å². The lowest BCUT2D eigenvalue weighted by Crippen LogP contribution is -2.38. The van der Waals surface area contributed by atoms with Crippen molar-refractivity contribution in [1.82, 2.24) is 14.8 Å². The second-order valence-electron chi connectivity index (χ2n) is 4.66. The van der Waals surface area contributed by atoms with Crippen molar-refractivity contribution < 1.29 is 0 Å². The molecule has 1 fully saturated rings. The van der Waals surface area contributed by atoms with Crippen molar-refractivity contribution in [2.45, 2.75) is 25.9 Å². The van der Waals surface area contributed by atoms with Crippen LogP contribution in [0.4, 0.5) is 0 Å². The molecule has 1 saturated heterocycles. The smallest absolute Gasteiger partial charge is 0.250 e. The zero-order valence-corrected chi connectivity index (χ0v) is 10.4. The monoisotopic (exact) mass is 235 g/mol. The fraction of sp³-hybridized carbons (Fsp3) is 0.615. The summed E-state index contributed by atoms with van der Waals surface area (Å²) in [5.41, 5.74) is 0.0908. The zero-order chi connectivity index (χ0) is 12.1. The van der Waals surface area contributed by atoms with Gasteiger partial charge in [0.25, 0.3) is 5.56 Å². The summed E-state index contributed by atoms with van der Waals surface area (Å²) in [6, 6.07) is 5.92. The zero-order valence-electron chi connectivity index (χ0n) is 10.4. The molecule has 1 N–H and O–H groups in total. The van der Waals surface area contributed by atoms with Crippen molar-refractivity contribution in [2.24, 2.45) is 0 Å². The highest BCUT2D eigenvalue weighted by Gasteiger charge is 2.15. The molecule has 4 nitrogen and oxygen atoms in total. The summed E-state index contributed by atoms with van der Waals surface area (Å²) in [4.78, 5) is 14.0. The lowest BCUT2D eigenvalue weighted by Gasteiger charge is -2.26. The first-order valence-corrected chi connectivity index (χ1v) is 6.37. The van der Waals surface area contributed by atoms with Crippen molar-refractivity contribution in [2.75, 3.05) is 26.2 Å². The Bertz CT molecular complexity index is 402. The second kappa shape index (κ2) is 5.98. The van der Waals surface area contributed by atoms with Gasteiger partial charge in [0.15, 0.2) is 0 Å². The van der Waals surface area contributed by atoms with Gasteiger partial charge in [0.2, 0.25) is 0 Å². The van der Waals surface area contributed by atoms with E-state index in [0.29, 0.717) is 6.04 Å². The fourth-order valence-corrected chi connectivity index (χ4v) is 2.28. The number of hydrogen-bond acceptors (Lipinski definition) is 3. The van der Waals surface area contributed by atoms with Crippen molar-refractivity contribution in [3.8, 4) is 0 Å². The van der Waals surface area contributed by atoms with Gasteiger partial charge in [-0.15, -0.1) is 0 Å². The highest BCUT2D eigenvalue weighted by molar-refractivity contribution is 4.93. The van der Waals surface area contributed by atoms with Crippen LogP contribution in [0.3, 0.4) is 0 Å². The molecule has 2 rings (SSSR count). The van der Waals surface area contributed by atoms with Crippen LogP contribution in [0.1, 0.15) is 13.3 Å². The van der Waals surface area contributed by atoms with Crippen LogP contribution >= 0.6 is 0 Å². The first-order valence-electron chi connectivity index (χ1n) is 6.37. The van der Waals surface area contributed by atoms with Crippen LogP contribution in [0.2, 0.25) is 0 Å². The van der Waals surface area contributed by atoms with E-state index in [1.54, 1.807) is 16.7 Å². The Kier molecular flexibility index (Phi) is 4.34. The minimum atomic E-state index is 0.0908. The molecule has 2 heterocycles. The van der Waals surface area contributed by atoms with Gasteiger partial charge in [-0.05, 0) is 26.0 Å². The summed E-state index contributed by atoms with van der Waals surface area (Å²) in [5, 5.41) is 3.41. The molecular weight excluding hydrogens is 214 g/mol. The third kappa shape index (κ3) is 3.41. The van der Waals surface area contributed by atoms with Crippen LogP contribution in [-0.4, -0.2) is 41.7 Å². The summed E-state index contributed by atoms with van der Waals surface area (Å²) in [6.07, 6.45) is 3.05. The molecule has 1 aromatic heterocycles. The van der Waals surface area contributed by atoms with Crippen LogP contribution in [0.15, 0.2) is 29.2 Å². The van der Waals surface area contributed by atoms with Gasteiger partial charge in [-0.2, -0.15) is 0 Å². The number of rotatable bonds is 3. The van der Waals surface area contributed by atoms with E-state index in [1.165, 1.54) is 6.42 Å². The van der Waals surface area contributed by atoms with Crippen molar-refractivity contribution in [3.63, 3.8) is 0 Å². The first-order chi connectivity index (χ1) is 8.27. The normalized spacial score (nSPS) is 22.3. The van der Waals surface area contributed by atoms with Crippen molar-refractivity contribution in [1.29, 1.82) is 0 Å². The van der Waals surface area contributed by atoms with Crippen LogP contribution in [-0.2, 0) is 6.54 Å².